The van der Waals surface area contributed by atoms with Crippen molar-refractivity contribution in [1.29, 1.82) is 0 Å². The molecule has 0 aliphatic heterocycles. The van der Waals surface area contributed by atoms with E-state index in [1.807, 2.05) is 0 Å². The van der Waals surface area contributed by atoms with E-state index in [4.69, 9.17) is 14.2 Å². The number of halogens is 4. The van der Waals surface area contributed by atoms with Gasteiger partial charge in [-0.05, 0) is 169 Å². The molecule has 0 aliphatic rings. The number of carbonyl (C=O) groups excluding carboxylic acids is 3. The molecule has 4 aromatic rings. The van der Waals surface area contributed by atoms with E-state index in [9.17, 15) is 27.4 Å². The van der Waals surface area contributed by atoms with Gasteiger partial charge in [0, 0.05) is 20.3 Å². The lowest BCUT2D eigenvalue weighted by Gasteiger charge is -2.12. The van der Waals surface area contributed by atoms with Crippen LogP contribution < -0.4 is 9.47 Å². The second-order valence-corrected chi connectivity index (χ2v) is 14.6. The summed E-state index contributed by atoms with van der Waals surface area (Å²) in [6.45, 7) is -0.297. The van der Waals surface area contributed by atoms with Gasteiger partial charge in [0.15, 0.2) is 0 Å². The minimum absolute atomic E-state index is 0.0547. The fourth-order valence-electron chi connectivity index (χ4n) is 3.49. The Morgan fingerprint density at radius 1 is 0.619 bits per heavy atom. The Morgan fingerprint density at radius 3 is 1.45 bits per heavy atom. The van der Waals surface area contributed by atoms with Crippen LogP contribution in [0.5, 0.6) is 11.5 Å². The topological polar surface area (TPSA) is 133 Å². The van der Waals surface area contributed by atoms with Crippen LogP contribution in [-0.2, 0) is 21.5 Å². The van der Waals surface area contributed by atoms with Gasteiger partial charge in [0.2, 0.25) is 0 Å². The van der Waals surface area contributed by atoms with E-state index < -0.39 is 28.0 Å². The predicted molar refractivity (Wildman–Crippen MR) is 185 cm³/mol. The van der Waals surface area contributed by atoms with Gasteiger partial charge in [0.1, 0.15) is 23.0 Å². The van der Waals surface area contributed by atoms with Crippen LogP contribution in [0.1, 0.15) is 36.6 Å². The molecule has 0 saturated heterocycles. The van der Waals surface area contributed by atoms with Crippen LogP contribution in [0.3, 0.4) is 0 Å². The minimum atomic E-state index is -4.49. The highest BCUT2D eigenvalue weighted by molar-refractivity contribution is 14.1. The van der Waals surface area contributed by atoms with Gasteiger partial charge in [-0.15, -0.1) is 0 Å². The van der Waals surface area contributed by atoms with Crippen molar-refractivity contribution in [2.45, 2.75) is 11.5 Å². The normalized spacial score (nSPS) is 11.1. The highest BCUT2D eigenvalue weighted by Crippen LogP contribution is 2.28. The number of hydrogen-bond acceptors (Lipinski definition) is 8. The van der Waals surface area contributed by atoms with Crippen molar-refractivity contribution < 1.29 is 41.6 Å². The standard InChI is InChI=1S/C28H16I4O9S/c29-19-5-1-16(2-6-19)27(34)40-21-9-15(10-22(13-21)41-28(35)17-3-7-20(30)8-4-17)14-39-26(33)18-11-23(31)25(24(32)12-18)42(36,37)38/h1-13H,14H2,(H,36,37,38). The van der Waals surface area contributed by atoms with E-state index in [0.29, 0.717) is 16.7 Å². The summed E-state index contributed by atoms with van der Waals surface area (Å²) >= 11 is 7.64. The van der Waals surface area contributed by atoms with Gasteiger partial charge in [0.25, 0.3) is 10.1 Å². The zero-order valence-electron chi connectivity index (χ0n) is 20.8. The van der Waals surface area contributed by atoms with Crippen molar-refractivity contribution in [3.63, 3.8) is 0 Å². The number of rotatable bonds is 8. The van der Waals surface area contributed by atoms with E-state index in [1.165, 1.54) is 30.3 Å². The molecule has 4 aromatic carbocycles. The van der Waals surface area contributed by atoms with E-state index >= 15 is 0 Å². The maximum absolute atomic E-state index is 12.8. The first-order valence-corrected chi connectivity index (χ1v) is 17.3. The largest absolute Gasteiger partial charge is 0.457 e. The Kier molecular flexibility index (Phi) is 11.2. The molecule has 0 saturated carbocycles. The molecule has 0 bridgehead atoms. The molecular weight excluding hydrogens is 1020 g/mol. The van der Waals surface area contributed by atoms with Gasteiger partial charge in [0.05, 0.1) is 16.7 Å². The van der Waals surface area contributed by atoms with Crippen LogP contribution in [0.2, 0.25) is 0 Å². The first-order valence-electron chi connectivity index (χ1n) is 11.5. The molecule has 0 aromatic heterocycles. The molecule has 1 N–H and O–H groups in total. The van der Waals surface area contributed by atoms with Crippen LogP contribution in [0.4, 0.5) is 0 Å². The molecule has 14 heteroatoms. The van der Waals surface area contributed by atoms with E-state index in [1.54, 1.807) is 93.7 Å². The molecule has 0 unspecified atom stereocenters. The fourth-order valence-corrected chi connectivity index (χ4v) is 8.26. The Hall–Kier alpha value is -1.88. The van der Waals surface area contributed by atoms with Crippen LogP contribution in [-0.4, -0.2) is 30.9 Å². The highest BCUT2D eigenvalue weighted by atomic mass is 127. The summed E-state index contributed by atoms with van der Waals surface area (Å²) in [6.07, 6.45) is 0. The van der Waals surface area contributed by atoms with Gasteiger partial charge >= 0.3 is 17.9 Å². The van der Waals surface area contributed by atoms with Crippen molar-refractivity contribution in [3.05, 3.63) is 115 Å². The van der Waals surface area contributed by atoms with Gasteiger partial charge in [-0.25, -0.2) is 14.4 Å². The molecule has 4 rings (SSSR count). The SMILES string of the molecule is O=C(OCc1cc(OC(=O)c2ccc(I)cc2)cc(OC(=O)c2ccc(I)cc2)c1)c1cc(I)c(S(=O)(=O)O)c(I)c1. The monoisotopic (exact) mass is 1040 g/mol. The molecule has 42 heavy (non-hydrogen) atoms. The van der Waals surface area contributed by atoms with Crippen molar-refractivity contribution in [2.75, 3.05) is 0 Å². The first-order chi connectivity index (χ1) is 19.8. The van der Waals surface area contributed by atoms with Crippen LogP contribution in [0.25, 0.3) is 0 Å². The zero-order valence-corrected chi connectivity index (χ0v) is 30.3. The Bertz CT molecular complexity index is 1690. The fraction of sp³-hybridized carbons (Fsp3) is 0.0357. The molecule has 0 fully saturated rings. The molecule has 0 heterocycles. The van der Waals surface area contributed by atoms with Crippen molar-refractivity contribution in [1.82, 2.24) is 0 Å². The van der Waals surface area contributed by atoms with E-state index in [-0.39, 0.29) is 35.7 Å². The molecule has 0 aliphatic carbocycles. The highest BCUT2D eigenvalue weighted by Gasteiger charge is 2.22. The maximum Gasteiger partial charge on any atom is 0.343 e. The Balaban J connectivity index is 1.58. The van der Waals surface area contributed by atoms with Crippen molar-refractivity contribution >= 4 is 118 Å². The van der Waals surface area contributed by atoms with Crippen molar-refractivity contribution in [3.8, 4) is 11.5 Å². The lowest BCUT2D eigenvalue weighted by molar-refractivity contribution is 0.0469. The molecule has 9 nitrogen and oxygen atoms in total. The third kappa shape index (κ3) is 8.83. The molecule has 0 atom stereocenters. The van der Waals surface area contributed by atoms with Gasteiger partial charge in [-0.2, -0.15) is 8.42 Å². The molecule has 0 radical (unpaired) electrons. The molecular formula is C28H16I4O9S. The maximum atomic E-state index is 12.8. The number of hydrogen-bond donors (Lipinski definition) is 1. The Morgan fingerprint density at radius 2 is 1.05 bits per heavy atom. The third-order valence-electron chi connectivity index (χ3n) is 5.38. The van der Waals surface area contributed by atoms with Gasteiger partial charge < -0.3 is 14.2 Å². The minimum Gasteiger partial charge on any atom is -0.457 e. The second kappa shape index (κ2) is 14.3. The van der Waals surface area contributed by atoms with Crippen LogP contribution in [0.15, 0.2) is 83.8 Å². The summed E-state index contributed by atoms with van der Waals surface area (Å²) in [5.74, 6) is -1.94. The summed E-state index contributed by atoms with van der Waals surface area (Å²) in [6, 6.07) is 20.4. The Labute approximate surface area is 295 Å². The molecule has 0 amide bonds. The summed E-state index contributed by atoms with van der Waals surface area (Å²) in [7, 11) is -4.49. The summed E-state index contributed by atoms with van der Waals surface area (Å²) in [5.41, 5.74) is 1.02. The van der Waals surface area contributed by atoms with Crippen molar-refractivity contribution in [2.24, 2.45) is 0 Å². The smallest absolute Gasteiger partial charge is 0.343 e. The third-order valence-corrected chi connectivity index (χ3v) is 10.2. The van der Waals surface area contributed by atoms with Gasteiger partial charge in [-0.1, -0.05) is 0 Å². The summed E-state index contributed by atoms with van der Waals surface area (Å²) < 4.78 is 51.4. The average Bonchev–Trinajstić information content (AvgIpc) is 2.91. The van der Waals surface area contributed by atoms with E-state index in [0.717, 1.165) is 7.14 Å². The summed E-state index contributed by atoms with van der Waals surface area (Å²) in [4.78, 5) is 38.0. The molecule has 0 spiro atoms. The van der Waals surface area contributed by atoms with Crippen LogP contribution in [0, 0.1) is 14.3 Å². The zero-order chi connectivity index (χ0) is 30.6. The van der Waals surface area contributed by atoms with Crippen LogP contribution >= 0.6 is 90.4 Å². The predicted octanol–water partition coefficient (Wildman–Crippen LogP) is 7.15. The number of benzene rings is 4. The number of esters is 3. The summed E-state index contributed by atoms with van der Waals surface area (Å²) in [5, 5.41) is 0. The second-order valence-electron chi connectivity index (χ2n) is 8.43. The lowest BCUT2D eigenvalue weighted by Crippen LogP contribution is -2.12. The number of ether oxygens (including phenoxy) is 3. The average molecular weight is 1040 g/mol. The molecule has 216 valence electrons. The van der Waals surface area contributed by atoms with E-state index in [2.05, 4.69) is 45.2 Å². The lowest BCUT2D eigenvalue weighted by atomic mass is 10.2. The van der Waals surface area contributed by atoms with Gasteiger partial charge in [-0.3, -0.25) is 4.55 Å². The quantitative estimate of drug-likeness (QED) is 0.0847. The number of carbonyl (C=O) groups is 3. The first kappa shape index (κ1) is 33.0.